The minimum Gasteiger partial charge on any atom is -0.480 e. The maximum Gasteiger partial charge on any atom is 0.323 e. The number of hydrogen-bond acceptors (Lipinski definition) is 5. The first-order chi connectivity index (χ1) is 7.26. The number of hydrogen-bond donors (Lipinski definition) is 1. The maximum atomic E-state index is 11.4. The number of carboxylic acids is 1. The number of carboxylic acid groups (broad SMARTS) is 1. The van der Waals surface area contributed by atoms with Gasteiger partial charge in [-0.1, -0.05) is 0 Å². The Balaban J connectivity index is 4.49. The molecule has 0 atom stereocenters. The Hall–Kier alpha value is -1.15. The highest BCUT2D eigenvalue weighted by Crippen LogP contribution is 1.94. The van der Waals surface area contributed by atoms with Crippen molar-refractivity contribution in [1.82, 2.24) is 4.90 Å². The van der Waals surface area contributed by atoms with Gasteiger partial charge in [0.15, 0.2) is 9.84 Å². The number of carbonyl (C=O) groups is 2. The summed E-state index contributed by atoms with van der Waals surface area (Å²) in [5.74, 6) is -2.62. The number of nitrogens with zero attached hydrogens (tertiary/aromatic N) is 1. The van der Waals surface area contributed by atoms with Crippen LogP contribution in [0.25, 0.3) is 0 Å². The van der Waals surface area contributed by atoms with E-state index >= 15 is 0 Å². The van der Waals surface area contributed by atoms with E-state index in [0.717, 1.165) is 11.2 Å². The zero-order valence-electron chi connectivity index (χ0n) is 9.17. The van der Waals surface area contributed by atoms with E-state index in [1.165, 1.54) is 7.11 Å². The summed E-state index contributed by atoms with van der Waals surface area (Å²) in [5.41, 5.74) is 0. The number of rotatable bonds is 7. The van der Waals surface area contributed by atoms with Crippen LogP contribution in [0.4, 0.5) is 0 Å². The number of carbonyl (C=O) groups excluding carboxylic acids is 1. The third-order valence-electron chi connectivity index (χ3n) is 1.63. The highest BCUT2D eigenvalue weighted by molar-refractivity contribution is 7.91. The average Bonchev–Trinajstić information content (AvgIpc) is 2.08. The van der Waals surface area contributed by atoms with Gasteiger partial charge >= 0.3 is 5.97 Å². The van der Waals surface area contributed by atoms with Crippen molar-refractivity contribution in [2.75, 3.05) is 38.8 Å². The fourth-order valence-electron chi connectivity index (χ4n) is 0.972. The lowest BCUT2D eigenvalue weighted by atomic mass is 10.4. The first kappa shape index (κ1) is 14.8. The number of sulfone groups is 1. The Bertz CT molecular complexity index is 350. The fraction of sp³-hybridized carbons (Fsp3) is 0.750. The minimum absolute atomic E-state index is 0.0527. The molecule has 16 heavy (non-hydrogen) atoms. The lowest BCUT2D eigenvalue weighted by Crippen LogP contribution is -2.41. The summed E-state index contributed by atoms with van der Waals surface area (Å²) in [4.78, 5) is 22.8. The molecule has 1 N–H and O–H groups in total. The number of methoxy groups -OCH3 is 1. The summed E-state index contributed by atoms with van der Waals surface area (Å²) in [6, 6.07) is 0. The summed E-state index contributed by atoms with van der Waals surface area (Å²) >= 11 is 0. The molecule has 7 nitrogen and oxygen atoms in total. The zero-order valence-corrected chi connectivity index (χ0v) is 9.99. The lowest BCUT2D eigenvalue weighted by Gasteiger charge is -2.19. The van der Waals surface area contributed by atoms with Gasteiger partial charge in [-0.05, 0) is 0 Å². The van der Waals surface area contributed by atoms with Gasteiger partial charge in [-0.25, -0.2) is 8.42 Å². The van der Waals surface area contributed by atoms with Crippen LogP contribution in [0.5, 0.6) is 0 Å². The van der Waals surface area contributed by atoms with Gasteiger partial charge in [0.2, 0.25) is 5.91 Å². The van der Waals surface area contributed by atoms with Crippen LogP contribution in [0.2, 0.25) is 0 Å². The van der Waals surface area contributed by atoms with Crippen LogP contribution >= 0.6 is 0 Å². The van der Waals surface area contributed by atoms with Gasteiger partial charge in [0.1, 0.15) is 12.3 Å². The van der Waals surface area contributed by atoms with Gasteiger partial charge in [-0.2, -0.15) is 0 Å². The van der Waals surface area contributed by atoms with Crippen molar-refractivity contribution in [3.8, 4) is 0 Å². The molecule has 0 rings (SSSR count). The van der Waals surface area contributed by atoms with E-state index in [1.54, 1.807) is 0 Å². The molecule has 0 aliphatic carbocycles. The molecule has 0 aromatic carbocycles. The van der Waals surface area contributed by atoms with Crippen LogP contribution in [-0.2, 0) is 24.2 Å². The third kappa shape index (κ3) is 7.18. The molecule has 1 amide bonds. The predicted octanol–water partition coefficient (Wildman–Crippen LogP) is -1.41. The summed E-state index contributed by atoms with van der Waals surface area (Å²) in [7, 11) is -2.05. The van der Waals surface area contributed by atoms with Crippen molar-refractivity contribution >= 4 is 21.7 Å². The van der Waals surface area contributed by atoms with E-state index in [9.17, 15) is 18.0 Å². The Morgan fingerprint density at radius 3 is 2.31 bits per heavy atom. The molecular weight excluding hydrogens is 238 g/mol. The molecule has 0 heterocycles. The SMILES string of the molecule is COCCN(CC(=O)O)C(=O)CS(C)(=O)=O. The smallest absolute Gasteiger partial charge is 0.323 e. The second kappa shape index (κ2) is 6.44. The van der Waals surface area contributed by atoms with E-state index in [1.807, 2.05) is 0 Å². The van der Waals surface area contributed by atoms with Crippen LogP contribution in [0, 0.1) is 0 Å². The van der Waals surface area contributed by atoms with E-state index < -0.39 is 34.0 Å². The summed E-state index contributed by atoms with van der Waals surface area (Å²) < 4.78 is 26.5. The third-order valence-corrected chi connectivity index (χ3v) is 2.40. The molecule has 0 spiro atoms. The quantitative estimate of drug-likeness (QED) is 0.598. The molecule has 0 aromatic heterocycles. The first-order valence-corrected chi connectivity index (χ1v) is 6.48. The van der Waals surface area contributed by atoms with Crippen molar-refractivity contribution in [3.63, 3.8) is 0 Å². The highest BCUT2D eigenvalue weighted by Gasteiger charge is 2.20. The fourth-order valence-corrected chi connectivity index (χ4v) is 1.60. The molecule has 0 saturated heterocycles. The monoisotopic (exact) mass is 253 g/mol. The first-order valence-electron chi connectivity index (χ1n) is 4.42. The van der Waals surface area contributed by atoms with Gasteiger partial charge in [0, 0.05) is 19.9 Å². The second-order valence-corrected chi connectivity index (χ2v) is 5.41. The normalized spacial score (nSPS) is 11.1. The lowest BCUT2D eigenvalue weighted by molar-refractivity contribution is -0.143. The summed E-state index contributed by atoms with van der Waals surface area (Å²) in [6.45, 7) is -0.322. The van der Waals surface area contributed by atoms with Crippen LogP contribution < -0.4 is 0 Å². The van der Waals surface area contributed by atoms with Gasteiger partial charge in [0.05, 0.1) is 6.61 Å². The van der Waals surface area contributed by atoms with Crippen molar-refractivity contribution < 1.29 is 27.9 Å². The molecule has 0 unspecified atom stereocenters. The van der Waals surface area contributed by atoms with Crippen molar-refractivity contribution in [3.05, 3.63) is 0 Å². The van der Waals surface area contributed by atoms with Crippen molar-refractivity contribution in [1.29, 1.82) is 0 Å². The molecule has 0 fully saturated rings. The molecule has 0 bridgehead atoms. The number of amides is 1. The summed E-state index contributed by atoms with van der Waals surface area (Å²) in [5, 5.41) is 8.55. The van der Waals surface area contributed by atoms with Crippen LogP contribution in [-0.4, -0.2) is 69.1 Å². The summed E-state index contributed by atoms with van der Waals surface area (Å²) in [6.07, 6.45) is 0.917. The number of ether oxygens (including phenoxy) is 1. The largest absolute Gasteiger partial charge is 0.480 e. The Labute approximate surface area is 93.9 Å². The molecular formula is C8H15NO6S. The zero-order chi connectivity index (χ0) is 12.8. The molecule has 0 aliphatic heterocycles. The molecule has 0 saturated carbocycles. The Morgan fingerprint density at radius 1 is 1.38 bits per heavy atom. The van der Waals surface area contributed by atoms with Crippen molar-refractivity contribution in [2.45, 2.75) is 0 Å². The van der Waals surface area contributed by atoms with Gasteiger partial charge in [0.25, 0.3) is 0 Å². The topological polar surface area (TPSA) is 101 Å². The van der Waals surface area contributed by atoms with Crippen LogP contribution in [0.15, 0.2) is 0 Å². The van der Waals surface area contributed by atoms with Crippen molar-refractivity contribution in [2.24, 2.45) is 0 Å². The van der Waals surface area contributed by atoms with Gasteiger partial charge in [-0.15, -0.1) is 0 Å². The molecule has 0 radical (unpaired) electrons. The predicted molar refractivity (Wildman–Crippen MR) is 55.8 cm³/mol. The van der Waals surface area contributed by atoms with Gasteiger partial charge < -0.3 is 14.7 Å². The average molecular weight is 253 g/mol. The van der Waals surface area contributed by atoms with E-state index in [-0.39, 0.29) is 13.2 Å². The molecule has 0 aromatic rings. The van der Waals surface area contributed by atoms with Gasteiger partial charge in [-0.3, -0.25) is 9.59 Å². The van der Waals surface area contributed by atoms with E-state index in [2.05, 4.69) is 0 Å². The second-order valence-electron chi connectivity index (χ2n) is 3.27. The maximum absolute atomic E-state index is 11.4. The molecule has 94 valence electrons. The van der Waals surface area contributed by atoms with E-state index in [0.29, 0.717) is 0 Å². The van der Waals surface area contributed by atoms with Crippen LogP contribution in [0.1, 0.15) is 0 Å². The standard InChI is InChI=1S/C8H15NO6S/c1-15-4-3-9(5-8(11)12)7(10)6-16(2,13)14/h3-6H2,1-2H3,(H,11,12). The Kier molecular flexibility index (Phi) is 5.97. The molecule has 0 aliphatic rings. The molecule has 8 heteroatoms. The minimum atomic E-state index is -3.45. The highest BCUT2D eigenvalue weighted by atomic mass is 32.2. The van der Waals surface area contributed by atoms with E-state index in [4.69, 9.17) is 9.84 Å². The Morgan fingerprint density at radius 2 is 1.94 bits per heavy atom. The van der Waals surface area contributed by atoms with Crippen LogP contribution in [0.3, 0.4) is 0 Å². The number of aliphatic carboxylic acids is 1.